The molecule has 0 radical (unpaired) electrons. The number of benzene rings is 1. The number of likely N-dealkylation sites (tertiary alicyclic amines) is 1. The molecule has 4 nitrogen and oxygen atoms in total. The SMILES string of the molecule is CN=C(NCC(C)COCc1ccccc1)N1CCC2(CCC2)C1.I. The van der Waals surface area contributed by atoms with Crippen molar-refractivity contribution >= 4 is 29.9 Å². The van der Waals surface area contributed by atoms with E-state index in [4.69, 9.17) is 4.74 Å². The van der Waals surface area contributed by atoms with Crippen molar-refractivity contribution in [1.82, 2.24) is 10.2 Å². The Kier molecular flexibility index (Phi) is 8.00. The van der Waals surface area contributed by atoms with E-state index >= 15 is 0 Å². The molecule has 1 aliphatic carbocycles. The number of rotatable bonds is 6. The van der Waals surface area contributed by atoms with E-state index in [1.54, 1.807) is 0 Å². The molecule has 1 aromatic rings. The third-order valence-electron chi connectivity index (χ3n) is 5.49. The van der Waals surface area contributed by atoms with Crippen LogP contribution in [0.4, 0.5) is 0 Å². The second-order valence-electron chi connectivity index (χ2n) is 7.56. The van der Waals surface area contributed by atoms with Gasteiger partial charge in [0.05, 0.1) is 13.2 Å². The fraction of sp³-hybridized carbons (Fsp3) is 0.650. The number of nitrogens with zero attached hydrogens (tertiary/aromatic N) is 2. The second-order valence-corrected chi connectivity index (χ2v) is 7.56. The Morgan fingerprint density at radius 1 is 1.28 bits per heavy atom. The molecule has 1 unspecified atom stereocenters. The molecule has 2 fully saturated rings. The van der Waals surface area contributed by atoms with Crippen molar-refractivity contribution in [2.24, 2.45) is 16.3 Å². The van der Waals surface area contributed by atoms with E-state index < -0.39 is 0 Å². The Hall–Kier alpha value is -0.820. The van der Waals surface area contributed by atoms with Crippen LogP contribution in [0.1, 0.15) is 38.2 Å². The minimum atomic E-state index is 0. The lowest BCUT2D eigenvalue weighted by molar-refractivity contribution is 0.0928. The highest BCUT2D eigenvalue weighted by Gasteiger charge is 2.43. The number of hydrogen-bond acceptors (Lipinski definition) is 2. The lowest BCUT2D eigenvalue weighted by Crippen LogP contribution is -2.44. The van der Waals surface area contributed by atoms with Crippen molar-refractivity contribution in [2.45, 2.75) is 39.2 Å². The first-order chi connectivity index (χ1) is 11.7. The van der Waals surface area contributed by atoms with Gasteiger partial charge in [0.2, 0.25) is 0 Å². The largest absolute Gasteiger partial charge is 0.376 e. The molecule has 1 saturated carbocycles. The highest BCUT2D eigenvalue weighted by molar-refractivity contribution is 14.0. The van der Waals surface area contributed by atoms with Gasteiger partial charge in [-0.1, -0.05) is 43.7 Å². The Bertz CT molecular complexity index is 545. The first-order valence-corrected chi connectivity index (χ1v) is 9.28. The Morgan fingerprint density at radius 3 is 2.64 bits per heavy atom. The summed E-state index contributed by atoms with van der Waals surface area (Å²) < 4.78 is 5.84. The summed E-state index contributed by atoms with van der Waals surface area (Å²) >= 11 is 0. The molecule has 3 rings (SSSR count). The number of ether oxygens (including phenoxy) is 1. The van der Waals surface area contributed by atoms with Crippen LogP contribution in [0.25, 0.3) is 0 Å². The molecule has 1 heterocycles. The zero-order valence-corrected chi connectivity index (χ0v) is 17.9. The van der Waals surface area contributed by atoms with Gasteiger partial charge in [-0.25, -0.2) is 0 Å². The monoisotopic (exact) mass is 457 g/mol. The molecule has 0 amide bonds. The van der Waals surface area contributed by atoms with Gasteiger partial charge in [0.25, 0.3) is 0 Å². The summed E-state index contributed by atoms with van der Waals surface area (Å²) in [5, 5.41) is 3.54. The van der Waals surface area contributed by atoms with E-state index in [-0.39, 0.29) is 24.0 Å². The minimum Gasteiger partial charge on any atom is -0.376 e. The maximum Gasteiger partial charge on any atom is 0.193 e. The quantitative estimate of drug-likeness (QED) is 0.400. The van der Waals surface area contributed by atoms with E-state index in [9.17, 15) is 0 Å². The lowest BCUT2D eigenvalue weighted by Gasteiger charge is -2.38. The van der Waals surface area contributed by atoms with Crippen molar-refractivity contribution in [3.05, 3.63) is 35.9 Å². The predicted molar refractivity (Wildman–Crippen MR) is 115 cm³/mol. The van der Waals surface area contributed by atoms with E-state index in [0.717, 1.165) is 25.7 Å². The summed E-state index contributed by atoms with van der Waals surface area (Å²) in [6.07, 6.45) is 5.56. The predicted octanol–water partition coefficient (Wildman–Crippen LogP) is 3.91. The van der Waals surface area contributed by atoms with Crippen molar-refractivity contribution in [3.8, 4) is 0 Å². The van der Waals surface area contributed by atoms with Crippen LogP contribution in [0.2, 0.25) is 0 Å². The van der Waals surface area contributed by atoms with E-state index in [1.807, 2.05) is 13.1 Å². The summed E-state index contributed by atoms with van der Waals surface area (Å²) in [6, 6.07) is 10.4. The van der Waals surface area contributed by atoms with Crippen molar-refractivity contribution in [3.63, 3.8) is 0 Å². The molecule has 1 aliphatic heterocycles. The van der Waals surface area contributed by atoms with Crippen LogP contribution in [0, 0.1) is 11.3 Å². The van der Waals surface area contributed by atoms with Crippen LogP contribution in [0.5, 0.6) is 0 Å². The fourth-order valence-corrected chi connectivity index (χ4v) is 3.81. The van der Waals surface area contributed by atoms with Crippen molar-refractivity contribution in [2.75, 3.05) is 33.3 Å². The van der Waals surface area contributed by atoms with Crippen molar-refractivity contribution < 1.29 is 4.74 Å². The molecule has 2 aliphatic rings. The van der Waals surface area contributed by atoms with E-state index in [1.165, 1.54) is 37.8 Å². The second kappa shape index (κ2) is 9.76. The highest BCUT2D eigenvalue weighted by Crippen LogP contribution is 2.47. The van der Waals surface area contributed by atoms with Gasteiger partial charge in [0.15, 0.2) is 5.96 Å². The summed E-state index contributed by atoms with van der Waals surface area (Å²) in [6.45, 7) is 6.93. The van der Waals surface area contributed by atoms with Crippen LogP contribution in [-0.4, -0.2) is 44.1 Å². The molecule has 1 aromatic carbocycles. The Labute approximate surface area is 169 Å². The number of aliphatic imine (C=N–C) groups is 1. The molecule has 1 atom stereocenters. The van der Waals surface area contributed by atoms with Crippen LogP contribution < -0.4 is 5.32 Å². The summed E-state index contributed by atoms with van der Waals surface area (Å²) in [5.41, 5.74) is 1.85. The molecular weight excluding hydrogens is 425 g/mol. The maximum absolute atomic E-state index is 5.84. The van der Waals surface area contributed by atoms with Gasteiger partial charge in [0, 0.05) is 26.7 Å². The van der Waals surface area contributed by atoms with Gasteiger partial charge in [-0.3, -0.25) is 4.99 Å². The van der Waals surface area contributed by atoms with Gasteiger partial charge < -0.3 is 15.0 Å². The van der Waals surface area contributed by atoms with Gasteiger partial charge in [-0.05, 0) is 36.2 Å². The number of guanidine groups is 1. The van der Waals surface area contributed by atoms with Crippen LogP contribution in [0.3, 0.4) is 0 Å². The zero-order valence-electron chi connectivity index (χ0n) is 15.5. The molecule has 0 aromatic heterocycles. The number of halogens is 1. The normalized spacial score (nSPS) is 20.1. The Balaban J connectivity index is 0.00000225. The molecule has 25 heavy (non-hydrogen) atoms. The first kappa shape index (κ1) is 20.5. The zero-order chi connectivity index (χ0) is 16.8. The van der Waals surface area contributed by atoms with Crippen molar-refractivity contribution in [1.29, 1.82) is 0 Å². The minimum absolute atomic E-state index is 0. The Morgan fingerprint density at radius 2 is 2.04 bits per heavy atom. The summed E-state index contributed by atoms with van der Waals surface area (Å²) in [4.78, 5) is 6.93. The molecule has 5 heteroatoms. The van der Waals surface area contributed by atoms with Crippen LogP contribution >= 0.6 is 24.0 Å². The first-order valence-electron chi connectivity index (χ1n) is 9.28. The maximum atomic E-state index is 5.84. The average molecular weight is 457 g/mol. The topological polar surface area (TPSA) is 36.9 Å². The van der Waals surface area contributed by atoms with E-state index in [2.05, 4.69) is 46.4 Å². The van der Waals surface area contributed by atoms with Gasteiger partial charge in [-0.2, -0.15) is 0 Å². The standard InChI is InChI=1S/C20H31N3O.HI/c1-17(14-24-15-18-7-4-3-5-8-18)13-22-19(21-2)23-12-11-20(16-23)9-6-10-20;/h3-5,7-8,17H,6,9-16H2,1-2H3,(H,21,22);1H. The molecule has 1 saturated heterocycles. The summed E-state index contributed by atoms with van der Waals surface area (Å²) in [7, 11) is 1.89. The molecule has 1 spiro atoms. The van der Waals surface area contributed by atoms with Crippen LogP contribution in [0.15, 0.2) is 35.3 Å². The van der Waals surface area contributed by atoms with Gasteiger partial charge in [-0.15, -0.1) is 24.0 Å². The highest BCUT2D eigenvalue weighted by atomic mass is 127. The molecular formula is C20H32IN3O. The third kappa shape index (κ3) is 5.58. The molecule has 0 bridgehead atoms. The number of hydrogen-bond donors (Lipinski definition) is 1. The number of nitrogens with one attached hydrogen (secondary N) is 1. The fourth-order valence-electron chi connectivity index (χ4n) is 3.81. The summed E-state index contributed by atoms with van der Waals surface area (Å²) in [5.74, 6) is 1.53. The third-order valence-corrected chi connectivity index (χ3v) is 5.49. The lowest BCUT2D eigenvalue weighted by atomic mass is 9.68. The molecule has 140 valence electrons. The molecule has 1 N–H and O–H groups in total. The van der Waals surface area contributed by atoms with Crippen LogP contribution in [-0.2, 0) is 11.3 Å². The average Bonchev–Trinajstić information content (AvgIpc) is 3.02. The van der Waals surface area contributed by atoms with Gasteiger partial charge in [0.1, 0.15) is 0 Å². The van der Waals surface area contributed by atoms with E-state index in [0.29, 0.717) is 17.9 Å². The van der Waals surface area contributed by atoms with Gasteiger partial charge >= 0.3 is 0 Å². The smallest absolute Gasteiger partial charge is 0.193 e.